The van der Waals surface area contributed by atoms with Crippen LogP contribution in [-0.4, -0.2) is 16.1 Å². The fraction of sp³-hybridized carbons (Fsp3) is 0. The highest BCUT2D eigenvalue weighted by Crippen LogP contribution is 2.24. The van der Waals surface area contributed by atoms with Gasteiger partial charge in [-0.1, -0.05) is 35.9 Å². The van der Waals surface area contributed by atoms with E-state index in [2.05, 4.69) is 5.10 Å². The Morgan fingerprint density at radius 3 is 2.78 bits per heavy atom. The van der Waals surface area contributed by atoms with Crippen LogP contribution in [0.2, 0.25) is 5.02 Å². The SMILES string of the molecule is O=Cc1c(Cl)cccc1-n1ncc2ccccc21. The number of carbonyl (C=O) groups is 1. The highest BCUT2D eigenvalue weighted by atomic mass is 35.5. The number of aldehydes is 1. The van der Waals surface area contributed by atoms with Gasteiger partial charge in [0, 0.05) is 5.39 Å². The first-order valence-electron chi connectivity index (χ1n) is 5.48. The largest absolute Gasteiger partial charge is 0.298 e. The van der Waals surface area contributed by atoms with E-state index in [4.69, 9.17) is 11.6 Å². The van der Waals surface area contributed by atoms with Crippen LogP contribution < -0.4 is 0 Å². The molecule has 0 fully saturated rings. The number of fused-ring (bicyclic) bond motifs is 1. The molecule has 3 aromatic rings. The van der Waals surface area contributed by atoms with Gasteiger partial charge in [0.2, 0.25) is 0 Å². The monoisotopic (exact) mass is 256 g/mol. The van der Waals surface area contributed by atoms with E-state index in [1.54, 1.807) is 23.0 Å². The standard InChI is InChI=1S/C14H9ClN2O/c15-12-5-3-7-14(11(12)9-18)17-13-6-2-1-4-10(13)8-16-17/h1-9H. The van der Waals surface area contributed by atoms with Crippen LogP contribution in [0.25, 0.3) is 16.6 Å². The molecule has 0 saturated heterocycles. The van der Waals surface area contributed by atoms with E-state index in [0.29, 0.717) is 16.3 Å². The van der Waals surface area contributed by atoms with Crippen LogP contribution >= 0.6 is 11.6 Å². The lowest BCUT2D eigenvalue weighted by Crippen LogP contribution is -2.01. The number of carbonyl (C=O) groups excluding carboxylic acids is 1. The number of halogens is 1. The number of benzene rings is 2. The maximum atomic E-state index is 11.2. The lowest BCUT2D eigenvalue weighted by Gasteiger charge is -2.07. The molecule has 2 aromatic carbocycles. The second kappa shape index (κ2) is 4.27. The summed E-state index contributed by atoms with van der Waals surface area (Å²) >= 11 is 6.03. The Morgan fingerprint density at radius 2 is 1.94 bits per heavy atom. The maximum Gasteiger partial charge on any atom is 0.153 e. The van der Waals surface area contributed by atoms with Crippen molar-refractivity contribution in [1.29, 1.82) is 0 Å². The summed E-state index contributed by atoms with van der Waals surface area (Å²) in [5, 5.41) is 5.77. The third-order valence-electron chi connectivity index (χ3n) is 2.85. The summed E-state index contributed by atoms with van der Waals surface area (Å²) in [7, 11) is 0. The molecule has 0 bridgehead atoms. The molecule has 1 aromatic heterocycles. The summed E-state index contributed by atoms with van der Waals surface area (Å²) in [4.78, 5) is 11.2. The third-order valence-corrected chi connectivity index (χ3v) is 3.18. The number of aromatic nitrogens is 2. The van der Waals surface area contributed by atoms with Crippen molar-refractivity contribution in [3.8, 4) is 5.69 Å². The lowest BCUT2D eigenvalue weighted by atomic mass is 10.2. The van der Waals surface area contributed by atoms with Gasteiger partial charge < -0.3 is 0 Å². The first-order valence-corrected chi connectivity index (χ1v) is 5.86. The van der Waals surface area contributed by atoms with Crippen molar-refractivity contribution in [1.82, 2.24) is 9.78 Å². The molecule has 88 valence electrons. The molecule has 4 heteroatoms. The third kappa shape index (κ3) is 1.60. The number of hydrogen-bond acceptors (Lipinski definition) is 2. The minimum absolute atomic E-state index is 0.432. The Hall–Kier alpha value is -2.13. The van der Waals surface area contributed by atoms with E-state index >= 15 is 0 Å². The van der Waals surface area contributed by atoms with Crippen molar-refractivity contribution < 1.29 is 4.79 Å². The molecule has 3 rings (SSSR count). The van der Waals surface area contributed by atoms with E-state index in [0.717, 1.165) is 17.2 Å². The van der Waals surface area contributed by atoms with Crippen LogP contribution in [0.3, 0.4) is 0 Å². The fourth-order valence-electron chi connectivity index (χ4n) is 1.99. The smallest absolute Gasteiger partial charge is 0.153 e. The Bertz CT molecular complexity index is 733. The van der Waals surface area contributed by atoms with Gasteiger partial charge in [0.05, 0.1) is 28.0 Å². The Kier molecular flexibility index (Phi) is 2.61. The van der Waals surface area contributed by atoms with Gasteiger partial charge in [-0.2, -0.15) is 5.10 Å². The summed E-state index contributed by atoms with van der Waals surface area (Å²) < 4.78 is 1.73. The molecule has 18 heavy (non-hydrogen) atoms. The molecular formula is C14H9ClN2O. The normalized spacial score (nSPS) is 10.7. The summed E-state index contributed by atoms with van der Waals surface area (Å²) in [5.74, 6) is 0. The number of rotatable bonds is 2. The molecule has 0 N–H and O–H groups in total. The minimum atomic E-state index is 0.432. The summed E-state index contributed by atoms with van der Waals surface area (Å²) in [5.41, 5.74) is 2.09. The predicted octanol–water partition coefficient (Wildman–Crippen LogP) is 3.49. The summed E-state index contributed by atoms with van der Waals surface area (Å²) in [6, 6.07) is 13.1. The summed E-state index contributed by atoms with van der Waals surface area (Å²) in [6.45, 7) is 0. The van der Waals surface area contributed by atoms with Crippen LogP contribution in [0.15, 0.2) is 48.7 Å². The minimum Gasteiger partial charge on any atom is -0.298 e. The van der Waals surface area contributed by atoms with Gasteiger partial charge in [-0.05, 0) is 18.2 Å². The zero-order chi connectivity index (χ0) is 12.5. The van der Waals surface area contributed by atoms with Crippen LogP contribution in [0, 0.1) is 0 Å². The van der Waals surface area contributed by atoms with Gasteiger partial charge >= 0.3 is 0 Å². The molecule has 1 heterocycles. The van der Waals surface area contributed by atoms with E-state index in [1.807, 2.05) is 30.3 Å². The van der Waals surface area contributed by atoms with Crippen LogP contribution in [-0.2, 0) is 0 Å². The van der Waals surface area contributed by atoms with Crippen molar-refractivity contribution >= 4 is 28.8 Å². The van der Waals surface area contributed by atoms with Gasteiger partial charge in [0.25, 0.3) is 0 Å². The van der Waals surface area contributed by atoms with Gasteiger partial charge in [-0.15, -0.1) is 0 Å². The van der Waals surface area contributed by atoms with Crippen molar-refractivity contribution in [2.45, 2.75) is 0 Å². The van der Waals surface area contributed by atoms with Gasteiger partial charge in [-0.3, -0.25) is 4.79 Å². The average Bonchev–Trinajstić information content (AvgIpc) is 2.82. The van der Waals surface area contributed by atoms with Gasteiger partial charge in [0.1, 0.15) is 0 Å². The molecular weight excluding hydrogens is 248 g/mol. The molecule has 0 amide bonds. The topological polar surface area (TPSA) is 34.9 Å². The van der Waals surface area contributed by atoms with Crippen molar-refractivity contribution in [3.63, 3.8) is 0 Å². The number of nitrogens with zero attached hydrogens (tertiary/aromatic N) is 2. The zero-order valence-corrected chi connectivity index (χ0v) is 10.1. The second-order valence-electron chi connectivity index (χ2n) is 3.91. The van der Waals surface area contributed by atoms with E-state index in [9.17, 15) is 4.79 Å². The first kappa shape index (κ1) is 11.0. The molecule has 0 spiro atoms. The van der Waals surface area contributed by atoms with Crippen LogP contribution in [0.5, 0.6) is 0 Å². The summed E-state index contributed by atoms with van der Waals surface area (Å²) in [6.07, 6.45) is 2.53. The number of hydrogen-bond donors (Lipinski definition) is 0. The Balaban J connectivity index is 2.33. The predicted molar refractivity (Wildman–Crippen MR) is 71.5 cm³/mol. The van der Waals surface area contributed by atoms with E-state index in [-0.39, 0.29) is 0 Å². The van der Waals surface area contributed by atoms with Crippen molar-refractivity contribution in [2.24, 2.45) is 0 Å². The highest BCUT2D eigenvalue weighted by molar-refractivity contribution is 6.33. The van der Waals surface area contributed by atoms with E-state index in [1.165, 1.54) is 0 Å². The quantitative estimate of drug-likeness (QED) is 0.658. The highest BCUT2D eigenvalue weighted by Gasteiger charge is 2.10. The molecule has 0 radical (unpaired) electrons. The molecule has 3 nitrogen and oxygen atoms in total. The molecule has 0 aliphatic heterocycles. The molecule has 0 unspecified atom stereocenters. The molecule has 0 aliphatic rings. The Morgan fingerprint density at radius 1 is 1.11 bits per heavy atom. The molecule has 0 saturated carbocycles. The van der Waals surface area contributed by atoms with Crippen molar-refractivity contribution in [3.05, 3.63) is 59.2 Å². The first-order chi connectivity index (χ1) is 8.81. The van der Waals surface area contributed by atoms with E-state index < -0.39 is 0 Å². The Labute approximate surface area is 109 Å². The lowest BCUT2D eigenvalue weighted by molar-refractivity contribution is 0.112. The zero-order valence-electron chi connectivity index (χ0n) is 9.38. The fourth-order valence-corrected chi connectivity index (χ4v) is 2.20. The number of para-hydroxylation sites is 1. The molecule has 0 aliphatic carbocycles. The maximum absolute atomic E-state index is 11.2. The van der Waals surface area contributed by atoms with Gasteiger partial charge in [0.15, 0.2) is 6.29 Å². The molecule has 0 atom stereocenters. The average molecular weight is 257 g/mol. The van der Waals surface area contributed by atoms with Gasteiger partial charge in [-0.25, -0.2) is 4.68 Å². The van der Waals surface area contributed by atoms with Crippen molar-refractivity contribution in [2.75, 3.05) is 0 Å². The van der Waals surface area contributed by atoms with Crippen LogP contribution in [0.4, 0.5) is 0 Å². The second-order valence-corrected chi connectivity index (χ2v) is 4.31. The van der Waals surface area contributed by atoms with Crippen LogP contribution in [0.1, 0.15) is 10.4 Å².